The van der Waals surface area contributed by atoms with E-state index in [-0.39, 0.29) is 0 Å². The van der Waals surface area contributed by atoms with Crippen LogP contribution in [0.3, 0.4) is 0 Å². The molecule has 1 N–H and O–H groups in total. The Labute approximate surface area is 110 Å². The van der Waals surface area contributed by atoms with Crippen molar-refractivity contribution in [2.45, 2.75) is 6.10 Å². The summed E-state index contributed by atoms with van der Waals surface area (Å²) in [6.07, 6.45) is 4.22. The molecule has 84 valence electrons. The molecule has 2 aromatic heterocycles. The van der Waals surface area contributed by atoms with Gasteiger partial charge in [0.05, 0.1) is 16.4 Å². The zero-order valence-corrected chi connectivity index (χ0v) is 11.6. The van der Waals surface area contributed by atoms with Crippen molar-refractivity contribution in [3.05, 3.63) is 44.9 Å². The van der Waals surface area contributed by atoms with E-state index in [1.165, 1.54) is 0 Å². The van der Waals surface area contributed by atoms with Crippen LogP contribution < -0.4 is 0 Å². The van der Waals surface area contributed by atoms with Crippen molar-refractivity contribution >= 4 is 31.9 Å². The Kier molecular flexibility index (Phi) is 3.41. The minimum absolute atomic E-state index is 0.708. The Bertz CT molecular complexity index is 493. The van der Waals surface area contributed by atoms with Gasteiger partial charge in [-0.05, 0) is 37.9 Å². The topological polar surface area (TPSA) is 50.9 Å². The predicted octanol–water partition coefficient (Wildman–Crippen LogP) is 2.42. The van der Waals surface area contributed by atoms with Gasteiger partial charge in [0, 0.05) is 29.5 Å². The molecule has 0 amide bonds. The SMILES string of the molecule is Cn1ncc(Br)c1C(O)c1cncc(Br)c1. The lowest BCUT2D eigenvalue weighted by Crippen LogP contribution is -2.07. The summed E-state index contributed by atoms with van der Waals surface area (Å²) in [6.45, 7) is 0. The fourth-order valence-electron chi connectivity index (χ4n) is 1.46. The van der Waals surface area contributed by atoms with E-state index < -0.39 is 6.10 Å². The molecule has 0 saturated carbocycles. The maximum Gasteiger partial charge on any atom is 0.123 e. The summed E-state index contributed by atoms with van der Waals surface area (Å²) >= 11 is 6.68. The molecule has 1 unspecified atom stereocenters. The highest BCUT2D eigenvalue weighted by Gasteiger charge is 2.18. The van der Waals surface area contributed by atoms with Gasteiger partial charge in [0.1, 0.15) is 6.10 Å². The average molecular weight is 347 g/mol. The summed E-state index contributed by atoms with van der Waals surface area (Å²) in [7, 11) is 1.79. The largest absolute Gasteiger partial charge is 0.382 e. The van der Waals surface area contributed by atoms with E-state index in [0.717, 1.165) is 14.5 Å². The number of nitrogens with zero attached hydrogens (tertiary/aromatic N) is 3. The highest BCUT2D eigenvalue weighted by atomic mass is 79.9. The minimum atomic E-state index is -0.744. The van der Waals surface area contributed by atoms with Crippen LogP contribution in [-0.2, 0) is 7.05 Å². The number of aromatic nitrogens is 3. The Hall–Kier alpha value is -0.720. The molecular weight excluding hydrogens is 338 g/mol. The van der Waals surface area contributed by atoms with Crippen LogP contribution >= 0.6 is 31.9 Å². The smallest absolute Gasteiger partial charge is 0.123 e. The molecule has 0 aliphatic carbocycles. The molecule has 2 aromatic rings. The summed E-state index contributed by atoms with van der Waals surface area (Å²) in [5.41, 5.74) is 1.43. The van der Waals surface area contributed by atoms with Crippen LogP contribution in [0.1, 0.15) is 17.4 Å². The van der Waals surface area contributed by atoms with E-state index >= 15 is 0 Å². The van der Waals surface area contributed by atoms with Gasteiger partial charge in [0.15, 0.2) is 0 Å². The molecule has 6 heteroatoms. The number of aliphatic hydroxyl groups is 1. The summed E-state index contributed by atoms with van der Waals surface area (Å²) in [5.74, 6) is 0. The van der Waals surface area contributed by atoms with E-state index in [1.54, 1.807) is 30.3 Å². The fraction of sp³-hybridized carbons (Fsp3) is 0.200. The highest BCUT2D eigenvalue weighted by molar-refractivity contribution is 9.10. The van der Waals surface area contributed by atoms with Crippen LogP contribution in [0, 0.1) is 0 Å². The molecule has 16 heavy (non-hydrogen) atoms. The quantitative estimate of drug-likeness (QED) is 0.908. The van der Waals surface area contributed by atoms with Gasteiger partial charge in [-0.3, -0.25) is 9.67 Å². The van der Waals surface area contributed by atoms with Gasteiger partial charge >= 0.3 is 0 Å². The second-order valence-corrected chi connectivity index (χ2v) is 5.11. The summed E-state index contributed by atoms with van der Waals surface area (Å²) in [5, 5.41) is 14.3. The van der Waals surface area contributed by atoms with Gasteiger partial charge in [0.25, 0.3) is 0 Å². The lowest BCUT2D eigenvalue weighted by molar-refractivity contribution is 0.208. The second kappa shape index (κ2) is 4.65. The second-order valence-electron chi connectivity index (χ2n) is 3.34. The van der Waals surface area contributed by atoms with E-state index in [0.29, 0.717) is 5.69 Å². The molecule has 0 saturated heterocycles. The van der Waals surface area contributed by atoms with Gasteiger partial charge in [-0.15, -0.1) is 0 Å². The number of rotatable bonds is 2. The maximum absolute atomic E-state index is 10.2. The number of hydrogen-bond donors (Lipinski definition) is 1. The number of aryl methyl sites for hydroxylation is 1. The molecule has 0 bridgehead atoms. The van der Waals surface area contributed by atoms with Crippen LogP contribution in [-0.4, -0.2) is 19.9 Å². The number of pyridine rings is 1. The third-order valence-corrected chi connectivity index (χ3v) is 3.28. The maximum atomic E-state index is 10.2. The zero-order valence-electron chi connectivity index (χ0n) is 8.43. The van der Waals surface area contributed by atoms with Gasteiger partial charge in [-0.1, -0.05) is 0 Å². The lowest BCUT2D eigenvalue weighted by Gasteiger charge is -2.12. The first-order chi connectivity index (χ1) is 7.59. The third kappa shape index (κ3) is 2.18. The third-order valence-electron chi connectivity index (χ3n) is 2.24. The molecule has 1 atom stereocenters. The molecule has 0 fully saturated rings. The van der Waals surface area contributed by atoms with Crippen LogP contribution in [0.15, 0.2) is 33.6 Å². The highest BCUT2D eigenvalue weighted by Crippen LogP contribution is 2.28. The molecule has 0 aliphatic rings. The molecule has 4 nitrogen and oxygen atoms in total. The van der Waals surface area contributed by atoms with E-state index in [2.05, 4.69) is 41.9 Å². The Morgan fingerprint density at radius 1 is 1.31 bits per heavy atom. The molecule has 0 radical (unpaired) electrons. The number of hydrogen-bond acceptors (Lipinski definition) is 3. The van der Waals surface area contributed by atoms with Crippen molar-refractivity contribution in [3.63, 3.8) is 0 Å². The fourth-order valence-corrected chi connectivity index (χ4v) is 2.41. The van der Waals surface area contributed by atoms with Gasteiger partial charge in [-0.2, -0.15) is 5.10 Å². The Morgan fingerprint density at radius 2 is 2.06 bits per heavy atom. The van der Waals surface area contributed by atoms with Crippen LogP contribution in [0.5, 0.6) is 0 Å². The normalized spacial score (nSPS) is 12.8. The Balaban J connectivity index is 2.43. The van der Waals surface area contributed by atoms with Crippen molar-refractivity contribution in [2.75, 3.05) is 0 Å². The van der Waals surface area contributed by atoms with E-state index in [9.17, 15) is 5.11 Å². The predicted molar refractivity (Wildman–Crippen MR) is 66.9 cm³/mol. The van der Waals surface area contributed by atoms with Crippen LogP contribution in [0.2, 0.25) is 0 Å². The molecule has 2 rings (SSSR count). The van der Waals surface area contributed by atoms with Crippen molar-refractivity contribution in [2.24, 2.45) is 7.05 Å². The van der Waals surface area contributed by atoms with Gasteiger partial charge < -0.3 is 5.11 Å². The van der Waals surface area contributed by atoms with Crippen molar-refractivity contribution in [1.82, 2.24) is 14.8 Å². The van der Waals surface area contributed by atoms with Gasteiger partial charge in [-0.25, -0.2) is 0 Å². The van der Waals surface area contributed by atoms with Crippen molar-refractivity contribution in [1.29, 1.82) is 0 Å². The molecular formula is C10H9Br2N3O. The lowest BCUT2D eigenvalue weighted by atomic mass is 10.1. The zero-order chi connectivity index (χ0) is 11.7. The molecule has 0 aromatic carbocycles. The van der Waals surface area contributed by atoms with Crippen molar-refractivity contribution < 1.29 is 5.11 Å². The minimum Gasteiger partial charge on any atom is -0.382 e. The van der Waals surface area contributed by atoms with Crippen molar-refractivity contribution in [3.8, 4) is 0 Å². The summed E-state index contributed by atoms with van der Waals surface area (Å²) < 4.78 is 3.25. The first kappa shape index (κ1) is 11.8. The van der Waals surface area contributed by atoms with Crippen LogP contribution in [0.25, 0.3) is 0 Å². The Morgan fingerprint density at radius 3 is 2.62 bits per heavy atom. The number of aliphatic hydroxyl groups excluding tert-OH is 1. The monoisotopic (exact) mass is 345 g/mol. The summed E-state index contributed by atoms with van der Waals surface area (Å²) in [6, 6.07) is 1.83. The van der Waals surface area contributed by atoms with Gasteiger partial charge in [0.2, 0.25) is 0 Å². The molecule has 0 aliphatic heterocycles. The molecule has 0 spiro atoms. The summed E-state index contributed by atoms with van der Waals surface area (Å²) in [4.78, 5) is 4.02. The first-order valence-corrected chi connectivity index (χ1v) is 6.14. The van der Waals surface area contributed by atoms with Crippen LogP contribution in [0.4, 0.5) is 0 Å². The average Bonchev–Trinajstić information content (AvgIpc) is 2.58. The standard InChI is InChI=1S/C10H9Br2N3O/c1-15-9(8(12)5-14-15)10(16)6-2-7(11)4-13-3-6/h2-5,10,16H,1H3. The first-order valence-electron chi connectivity index (χ1n) is 4.55. The number of halogens is 2. The van der Waals surface area contributed by atoms with E-state index in [1.807, 2.05) is 6.07 Å². The van der Waals surface area contributed by atoms with E-state index in [4.69, 9.17) is 0 Å². The molecule has 2 heterocycles.